The number of aliphatic hydroxyl groups is 2. The van der Waals surface area contributed by atoms with Gasteiger partial charge in [0.15, 0.2) is 0 Å². The van der Waals surface area contributed by atoms with Crippen molar-refractivity contribution < 1.29 is 14.6 Å². The van der Waals surface area contributed by atoms with Crippen LogP contribution in [0.15, 0.2) is 24.8 Å². The summed E-state index contributed by atoms with van der Waals surface area (Å²) in [5, 5.41) is 18.8. The number of rotatable bonds is 6. The third-order valence-corrected chi connectivity index (χ3v) is 2.82. The molecule has 1 aromatic rings. The third kappa shape index (κ3) is 3.31. The summed E-state index contributed by atoms with van der Waals surface area (Å²) in [6.45, 7) is 7.87. The third-order valence-electron chi connectivity index (χ3n) is 2.82. The lowest BCUT2D eigenvalue weighted by Gasteiger charge is -2.26. The fraction of sp³-hybridized carbons (Fsp3) is 0.429. The van der Waals surface area contributed by atoms with Gasteiger partial charge in [0, 0.05) is 24.3 Å². The van der Waals surface area contributed by atoms with Crippen LogP contribution in [0.2, 0.25) is 0 Å². The lowest BCUT2D eigenvalue weighted by molar-refractivity contribution is 0.199. The maximum absolute atomic E-state index is 13.6. The molecule has 4 heteroatoms. The van der Waals surface area contributed by atoms with E-state index in [-0.39, 0.29) is 12.4 Å². The Labute approximate surface area is 107 Å². The Morgan fingerprint density at radius 2 is 2.17 bits per heavy atom. The Morgan fingerprint density at radius 1 is 1.50 bits per heavy atom. The second kappa shape index (κ2) is 6.52. The van der Waals surface area contributed by atoms with Gasteiger partial charge >= 0.3 is 0 Å². The first-order valence-electron chi connectivity index (χ1n) is 5.96. The highest BCUT2D eigenvalue weighted by Crippen LogP contribution is 2.29. The van der Waals surface area contributed by atoms with Gasteiger partial charge in [-0.2, -0.15) is 0 Å². The van der Waals surface area contributed by atoms with E-state index in [1.165, 1.54) is 6.07 Å². The first-order valence-corrected chi connectivity index (χ1v) is 5.96. The van der Waals surface area contributed by atoms with E-state index in [0.29, 0.717) is 24.2 Å². The molecule has 0 amide bonds. The van der Waals surface area contributed by atoms with Gasteiger partial charge in [-0.3, -0.25) is 0 Å². The average Bonchev–Trinajstić information content (AvgIpc) is 2.31. The molecular formula is C14H20FNO2. The Hall–Kier alpha value is -1.39. The van der Waals surface area contributed by atoms with Gasteiger partial charge < -0.3 is 15.1 Å². The SMILES string of the molecule is C=CCN(CCO)c1cc(C)c(F)cc1[C@H](C)O. The van der Waals surface area contributed by atoms with Crippen molar-refractivity contribution in [2.24, 2.45) is 0 Å². The van der Waals surface area contributed by atoms with Crippen LogP contribution in [0.25, 0.3) is 0 Å². The zero-order chi connectivity index (χ0) is 13.7. The highest BCUT2D eigenvalue weighted by Gasteiger charge is 2.16. The quantitative estimate of drug-likeness (QED) is 0.764. The van der Waals surface area contributed by atoms with Crippen molar-refractivity contribution in [3.05, 3.63) is 41.7 Å². The summed E-state index contributed by atoms with van der Waals surface area (Å²) >= 11 is 0. The summed E-state index contributed by atoms with van der Waals surface area (Å²) in [5.74, 6) is -0.336. The molecule has 1 aromatic carbocycles. The Morgan fingerprint density at radius 3 is 2.67 bits per heavy atom. The summed E-state index contributed by atoms with van der Waals surface area (Å²) in [4.78, 5) is 1.86. The number of aliphatic hydroxyl groups excluding tert-OH is 2. The van der Waals surface area contributed by atoms with Gasteiger partial charge in [0.25, 0.3) is 0 Å². The predicted octanol–water partition coefficient (Wildman–Crippen LogP) is 2.17. The number of benzene rings is 1. The van der Waals surface area contributed by atoms with E-state index in [0.717, 1.165) is 5.69 Å². The average molecular weight is 253 g/mol. The molecule has 0 aromatic heterocycles. The van der Waals surface area contributed by atoms with Crippen molar-refractivity contribution in [2.75, 3.05) is 24.6 Å². The van der Waals surface area contributed by atoms with Crippen LogP contribution in [-0.2, 0) is 0 Å². The van der Waals surface area contributed by atoms with Crippen molar-refractivity contribution >= 4 is 5.69 Å². The topological polar surface area (TPSA) is 43.7 Å². The summed E-state index contributed by atoms with van der Waals surface area (Å²) in [5.41, 5.74) is 1.77. The van der Waals surface area contributed by atoms with Crippen LogP contribution < -0.4 is 4.90 Å². The van der Waals surface area contributed by atoms with Crippen LogP contribution in [0.4, 0.5) is 10.1 Å². The first kappa shape index (κ1) is 14.7. The van der Waals surface area contributed by atoms with E-state index in [1.807, 2.05) is 4.90 Å². The summed E-state index contributed by atoms with van der Waals surface area (Å²) in [6, 6.07) is 3.04. The Balaban J connectivity index is 3.25. The molecule has 0 aliphatic heterocycles. The molecule has 3 nitrogen and oxygen atoms in total. The van der Waals surface area contributed by atoms with Crippen LogP contribution >= 0.6 is 0 Å². The van der Waals surface area contributed by atoms with E-state index in [4.69, 9.17) is 5.11 Å². The summed E-state index contributed by atoms with van der Waals surface area (Å²) in [6.07, 6.45) is 0.946. The van der Waals surface area contributed by atoms with Crippen LogP contribution in [0, 0.1) is 12.7 Å². The van der Waals surface area contributed by atoms with E-state index >= 15 is 0 Å². The van der Waals surface area contributed by atoms with Gasteiger partial charge in [0.1, 0.15) is 5.82 Å². The van der Waals surface area contributed by atoms with E-state index in [1.54, 1.807) is 26.0 Å². The van der Waals surface area contributed by atoms with Crippen molar-refractivity contribution in [1.29, 1.82) is 0 Å². The van der Waals surface area contributed by atoms with Crippen molar-refractivity contribution in [3.8, 4) is 0 Å². The molecule has 0 aliphatic carbocycles. The molecule has 0 fully saturated rings. The van der Waals surface area contributed by atoms with E-state index in [9.17, 15) is 9.50 Å². The molecule has 0 saturated heterocycles. The van der Waals surface area contributed by atoms with Gasteiger partial charge in [-0.25, -0.2) is 4.39 Å². The molecule has 1 rings (SSSR count). The minimum Gasteiger partial charge on any atom is -0.395 e. The molecule has 18 heavy (non-hydrogen) atoms. The molecule has 2 N–H and O–H groups in total. The van der Waals surface area contributed by atoms with Crippen molar-refractivity contribution in [3.63, 3.8) is 0 Å². The van der Waals surface area contributed by atoms with Gasteiger partial charge in [-0.05, 0) is 31.5 Å². The van der Waals surface area contributed by atoms with Gasteiger partial charge in [0.05, 0.1) is 12.7 Å². The smallest absolute Gasteiger partial charge is 0.126 e. The highest BCUT2D eigenvalue weighted by molar-refractivity contribution is 5.57. The van der Waals surface area contributed by atoms with Crippen LogP contribution in [0.1, 0.15) is 24.2 Å². The molecule has 0 radical (unpaired) electrons. The molecule has 0 spiro atoms. The molecule has 1 atom stereocenters. The number of nitrogens with zero attached hydrogens (tertiary/aromatic N) is 1. The Kier molecular flexibility index (Phi) is 5.31. The molecule has 0 bridgehead atoms. The number of anilines is 1. The fourth-order valence-electron chi connectivity index (χ4n) is 1.88. The summed E-state index contributed by atoms with van der Waals surface area (Å²) in [7, 11) is 0. The molecular weight excluding hydrogens is 233 g/mol. The normalized spacial score (nSPS) is 12.3. The van der Waals surface area contributed by atoms with Gasteiger partial charge in [0.2, 0.25) is 0 Å². The molecule has 0 heterocycles. The lowest BCUT2D eigenvalue weighted by atomic mass is 10.0. The zero-order valence-corrected chi connectivity index (χ0v) is 10.9. The zero-order valence-electron chi connectivity index (χ0n) is 10.9. The molecule has 0 saturated carbocycles. The van der Waals surface area contributed by atoms with E-state index in [2.05, 4.69) is 6.58 Å². The van der Waals surface area contributed by atoms with Crippen molar-refractivity contribution in [2.45, 2.75) is 20.0 Å². The second-order valence-electron chi connectivity index (χ2n) is 4.29. The molecule has 0 aliphatic rings. The van der Waals surface area contributed by atoms with Crippen LogP contribution in [-0.4, -0.2) is 29.9 Å². The number of hydrogen-bond donors (Lipinski definition) is 2. The minimum atomic E-state index is -0.763. The maximum atomic E-state index is 13.6. The van der Waals surface area contributed by atoms with E-state index < -0.39 is 6.10 Å². The number of hydrogen-bond acceptors (Lipinski definition) is 3. The Bertz CT molecular complexity index is 419. The predicted molar refractivity (Wildman–Crippen MR) is 71.3 cm³/mol. The summed E-state index contributed by atoms with van der Waals surface area (Å²) < 4.78 is 13.6. The fourth-order valence-corrected chi connectivity index (χ4v) is 1.88. The molecule has 100 valence electrons. The van der Waals surface area contributed by atoms with Gasteiger partial charge in [-0.1, -0.05) is 6.08 Å². The standard InChI is InChI=1S/C14H20FNO2/c1-4-5-16(6-7-17)14-8-10(2)13(15)9-12(14)11(3)18/h4,8-9,11,17-18H,1,5-7H2,2-3H3/t11-/m0/s1. The minimum absolute atomic E-state index is 0.0104. The molecule has 0 unspecified atom stereocenters. The second-order valence-corrected chi connectivity index (χ2v) is 4.29. The van der Waals surface area contributed by atoms with Gasteiger partial charge in [-0.15, -0.1) is 6.58 Å². The van der Waals surface area contributed by atoms with Crippen LogP contribution in [0.3, 0.4) is 0 Å². The van der Waals surface area contributed by atoms with Crippen molar-refractivity contribution in [1.82, 2.24) is 0 Å². The number of halogens is 1. The largest absolute Gasteiger partial charge is 0.395 e. The lowest BCUT2D eigenvalue weighted by Crippen LogP contribution is -2.28. The maximum Gasteiger partial charge on any atom is 0.126 e. The number of aryl methyl sites for hydroxylation is 1. The highest BCUT2D eigenvalue weighted by atomic mass is 19.1. The van der Waals surface area contributed by atoms with Crippen LogP contribution in [0.5, 0.6) is 0 Å². The first-order chi connectivity index (χ1) is 8.51. The monoisotopic (exact) mass is 253 g/mol.